The van der Waals surface area contributed by atoms with E-state index in [1.54, 1.807) is 33.5 Å². The quantitative estimate of drug-likeness (QED) is 0.311. The number of benzene rings is 3. The SMILES string of the molecule is COc1cc2c(cc1OC)C(c1ccccc1)N(C(=O)c1ccc(COc3ccccc3OC)o1)CC2. The lowest BCUT2D eigenvalue weighted by atomic mass is 9.87. The third-order valence-electron chi connectivity index (χ3n) is 6.56. The van der Waals surface area contributed by atoms with E-state index in [2.05, 4.69) is 0 Å². The van der Waals surface area contributed by atoms with Crippen molar-refractivity contribution in [3.63, 3.8) is 0 Å². The van der Waals surface area contributed by atoms with Crippen LogP contribution in [0.2, 0.25) is 0 Å². The third-order valence-corrected chi connectivity index (χ3v) is 6.56. The van der Waals surface area contributed by atoms with Gasteiger partial charge in [0.2, 0.25) is 0 Å². The standard InChI is InChI=1S/C30H29NO6/c1-33-24-11-7-8-12-25(24)36-19-22-13-14-26(37-22)30(32)31-16-15-21-17-27(34-2)28(35-3)18-23(21)29(31)20-9-5-4-6-10-20/h4-14,17-18,29H,15-16,19H2,1-3H3. The molecule has 1 atom stereocenters. The molecule has 4 aromatic rings. The molecule has 1 amide bonds. The molecular formula is C30H29NO6. The Morgan fingerprint density at radius 3 is 2.24 bits per heavy atom. The average molecular weight is 500 g/mol. The van der Waals surface area contributed by atoms with E-state index in [1.807, 2.05) is 71.6 Å². The molecule has 0 aliphatic carbocycles. The maximum absolute atomic E-state index is 13.8. The lowest BCUT2D eigenvalue weighted by molar-refractivity contribution is 0.0657. The summed E-state index contributed by atoms with van der Waals surface area (Å²) in [6.45, 7) is 0.713. The summed E-state index contributed by atoms with van der Waals surface area (Å²) in [5.74, 6) is 3.19. The number of nitrogens with zero attached hydrogens (tertiary/aromatic N) is 1. The maximum atomic E-state index is 13.8. The van der Waals surface area contributed by atoms with E-state index in [4.69, 9.17) is 23.4 Å². The van der Waals surface area contributed by atoms with Gasteiger partial charge in [0.25, 0.3) is 5.91 Å². The number of ether oxygens (including phenoxy) is 4. The van der Waals surface area contributed by atoms with Crippen molar-refractivity contribution in [2.45, 2.75) is 19.1 Å². The molecule has 0 spiro atoms. The molecule has 0 radical (unpaired) electrons. The number of carbonyl (C=O) groups excluding carboxylic acids is 1. The molecule has 0 N–H and O–H groups in total. The van der Waals surface area contributed by atoms with Gasteiger partial charge in [-0.15, -0.1) is 0 Å². The summed E-state index contributed by atoms with van der Waals surface area (Å²) < 4.78 is 28.2. The Morgan fingerprint density at radius 2 is 1.51 bits per heavy atom. The van der Waals surface area contributed by atoms with Crippen LogP contribution < -0.4 is 18.9 Å². The number of furan rings is 1. The van der Waals surface area contributed by atoms with E-state index in [9.17, 15) is 4.79 Å². The predicted octanol–water partition coefficient (Wildman–Crippen LogP) is 5.67. The van der Waals surface area contributed by atoms with Crippen LogP contribution >= 0.6 is 0 Å². The summed E-state index contributed by atoms with van der Waals surface area (Å²) in [6, 6.07) is 24.6. The van der Waals surface area contributed by atoms with Gasteiger partial charge < -0.3 is 28.3 Å². The highest BCUT2D eigenvalue weighted by Gasteiger charge is 2.35. The van der Waals surface area contributed by atoms with Crippen LogP contribution in [-0.4, -0.2) is 38.7 Å². The zero-order valence-electron chi connectivity index (χ0n) is 21.1. The summed E-state index contributed by atoms with van der Waals surface area (Å²) in [5, 5.41) is 0. The van der Waals surface area contributed by atoms with Crippen molar-refractivity contribution >= 4 is 5.91 Å². The monoisotopic (exact) mass is 499 g/mol. The summed E-state index contributed by atoms with van der Waals surface area (Å²) >= 11 is 0. The van der Waals surface area contributed by atoms with Crippen LogP contribution in [0.25, 0.3) is 0 Å². The normalized spacial score (nSPS) is 14.6. The van der Waals surface area contributed by atoms with Crippen molar-refractivity contribution in [1.29, 1.82) is 0 Å². The molecule has 5 rings (SSSR count). The number of para-hydroxylation sites is 2. The molecule has 0 fully saturated rings. The molecule has 0 saturated carbocycles. The summed E-state index contributed by atoms with van der Waals surface area (Å²) in [7, 11) is 4.84. The first-order valence-corrected chi connectivity index (χ1v) is 12.1. The third kappa shape index (κ3) is 4.85. The molecule has 1 aliphatic rings. The van der Waals surface area contributed by atoms with E-state index in [1.165, 1.54) is 0 Å². The Bertz CT molecular complexity index is 1380. The highest BCUT2D eigenvalue weighted by molar-refractivity contribution is 5.92. The first-order chi connectivity index (χ1) is 18.1. The lowest BCUT2D eigenvalue weighted by Gasteiger charge is -2.37. The highest BCUT2D eigenvalue weighted by atomic mass is 16.5. The van der Waals surface area contributed by atoms with Gasteiger partial charge in [-0.05, 0) is 59.5 Å². The Labute approximate surface area is 216 Å². The van der Waals surface area contributed by atoms with E-state index >= 15 is 0 Å². The molecule has 0 saturated heterocycles. The van der Waals surface area contributed by atoms with Crippen LogP contribution in [0.5, 0.6) is 23.0 Å². The lowest BCUT2D eigenvalue weighted by Crippen LogP contribution is -2.40. The molecular weight excluding hydrogens is 470 g/mol. The zero-order valence-corrected chi connectivity index (χ0v) is 21.1. The van der Waals surface area contributed by atoms with Gasteiger partial charge in [0.1, 0.15) is 12.4 Å². The molecule has 0 bridgehead atoms. The minimum Gasteiger partial charge on any atom is -0.493 e. The molecule has 3 aromatic carbocycles. The highest BCUT2D eigenvalue weighted by Crippen LogP contribution is 2.41. The van der Waals surface area contributed by atoms with E-state index < -0.39 is 0 Å². The first kappa shape index (κ1) is 24.3. The van der Waals surface area contributed by atoms with Crippen LogP contribution in [0.1, 0.15) is 39.0 Å². The fraction of sp³-hybridized carbons (Fsp3) is 0.233. The fourth-order valence-electron chi connectivity index (χ4n) is 4.76. The topological polar surface area (TPSA) is 70.4 Å². The Hall–Kier alpha value is -4.39. The smallest absolute Gasteiger partial charge is 0.290 e. The second-order valence-electron chi connectivity index (χ2n) is 8.67. The van der Waals surface area contributed by atoms with Gasteiger partial charge in [-0.25, -0.2) is 0 Å². The minimum absolute atomic E-state index is 0.176. The van der Waals surface area contributed by atoms with E-state index in [-0.39, 0.29) is 24.3 Å². The number of rotatable bonds is 8. The second kappa shape index (κ2) is 10.7. The number of fused-ring (bicyclic) bond motifs is 1. The maximum Gasteiger partial charge on any atom is 0.290 e. The van der Waals surface area contributed by atoms with Gasteiger partial charge in [0.15, 0.2) is 28.8 Å². The number of hydrogen-bond donors (Lipinski definition) is 0. The van der Waals surface area contributed by atoms with Gasteiger partial charge in [-0.1, -0.05) is 42.5 Å². The number of carbonyl (C=O) groups is 1. The predicted molar refractivity (Wildman–Crippen MR) is 139 cm³/mol. The Balaban J connectivity index is 1.43. The van der Waals surface area contributed by atoms with Crippen LogP contribution in [0.4, 0.5) is 0 Å². The van der Waals surface area contributed by atoms with Gasteiger partial charge in [0.05, 0.1) is 27.4 Å². The van der Waals surface area contributed by atoms with Gasteiger partial charge >= 0.3 is 0 Å². The van der Waals surface area contributed by atoms with Crippen molar-refractivity contribution in [2.75, 3.05) is 27.9 Å². The molecule has 1 aromatic heterocycles. The van der Waals surface area contributed by atoms with E-state index in [0.717, 1.165) is 16.7 Å². The molecule has 1 aliphatic heterocycles. The molecule has 37 heavy (non-hydrogen) atoms. The average Bonchev–Trinajstić information content (AvgIpc) is 3.44. The van der Waals surface area contributed by atoms with Crippen LogP contribution in [0, 0.1) is 0 Å². The number of hydrogen-bond acceptors (Lipinski definition) is 6. The molecule has 7 nitrogen and oxygen atoms in total. The Morgan fingerprint density at radius 1 is 0.838 bits per heavy atom. The molecule has 7 heteroatoms. The Kier molecular flexibility index (Phi) is 7.03. The minimum atomic E-state index is -0.296. The van der Waals surface area contributed by atoms with Gasteiger partial charge in [0, 0.05) is 6.54 Å². The van der Waals surface area contributed by atoms with Crippen molar-refractivity contribution in [1.82, 2.24) is 4.90 Å². The second-order valence-corrected chi connectivity index (χ2v) is 8.67. The van der Waals surface area contributed by atoms with Crippen LogP contribution in [0.3, 0.4) is 0 Å². The van der Waals surface area contributed by atoms with Crippen LogP contribution in [-0.2, 0) is 13.0 Å². The van der Waals surface area contributed by atoms with Crippen LogP contribution in [0.15, 0.2) is 83.3 Å². The molecule has 1 unspecified atom stereocenters. The fourth-order valence-corrected chi connectivity index (χ4v) is 4.76. The van der Waals surface area contributed by atoms with Crippen molar-refractivity contribution in [2.24, 2.45) is 0 Å². The summed E-state index contributed by atoms with van der Waals surface area (Å²) in [4.78, 5) is 15.6. The van der Waals surface area contributed by atoms with Gasteiger partial charge in [-0.2, -0.15) is 0 Å². The first-order valence-electron chi connectivity index (χ1n) is 12.1. The van der Waals surface area contributed by atoms with E-state index in [0.29, 0.717) is 41.7 Å². The zero-order chi connectivity index (χ0) is 25.8. The summed E-state index contributed by atoms with van der Waals surface area (Å²) in [6.07, 6.45) is 0.690. The van der Waals surface area contributed by atoms with Crippen molar-refractivity contribution in [3.8, 4) is 23.0 Å². The molecule has 2 heterocycles. The molecule has 190 valence electrons. The van der Waals surface area contributed by atoms with Crippen molar-refractivity contribution < 1.29 is 28.2 Å². The van der Waals surface area contributed by atoms with Crippen molar-refractivity contribution in [3.05, 3.63) is 107 Å². The number of methoxy groups -OCH3 is 3. The number of amides is 1. The van der Waals surface area contributed by atoms with Gasteiger partial charge in [-0.3, -0.25) is 4.79 Å². The summed E-state index contributed by atoms with van der Waals surface area (Å²) in [5.41, 5.74) is 3.14. The largest absolute Gasteiger partial charge is 0.493 e.